The first-order valence-electron chi connectivity index (χ1n) is 10.3. The van der Waals surface area contributed by atoms with Crippen LogP contribution in [0.5, 0.6) is 0 Å². The fourth-order valence-corrected chi connectivity index (χ4v) is 3.98. The van der Waals surface area contributed by atoms with Gasteiger partial charge >= 0.3 is 0 Å². The monoisotopic (exact) mass is 485 g/mol. The van der Waals surface area contributed by atoms with Gasteiger partial charge < -0.3 is 15.5 Å². The van der Waals surface area contributed by atoms with Crippen molar-refractivity contribution in [2.24, 2.45) is 4.99 Å². The number of hydrogen-bond donors (Lipinski definition) is 2. The molecular formula is C21H36IN5. The van der Waals surface area contributed by atoms with E-state index in [-0.39, 0.29) is 24.0 Å². The molecule has 27 heavy (non-hydrogen) atoms. The van der Waals surface area contributed by atoms with Crippen LogP contribution in [0.25, 0.3) is 0 Å². The molecule has 1 aliphatic carbocycles. The molecule has 1 saturated carbocycles. The van der Waals surface area contributed by atoms with Gasteiger partial charge in [0.15, 0.2) is 5.96 Å². The van der Waals surface area contributed by atoms with E-state index in [1.165, 1.54) is 70.4 Å². The Morgan fingerprint density at radius 2 is 1.70 bits per heavy atom. The average Bonchev–Trinajstić information content (AvgIpc) is 3.19. The molecule has 0 bridgehead atoms. The minimum atomic E-state index is 0. The molecule has 0 atom stereocenters. The van der Waals surface area contributed by atoms with E-state index in [0.29, 0.717) is 6.04 Å². The minimum absolute atomic E-state index is 0. The van der Waals surface area contributed by atoms with E-state index in [1.807, 2.05) is 7.05 Å². The van der Waals surface area contributed by atoms with Crippen LogP contribution < -0.4 is 10.6 Å². The van der Waals surface area contributed by atoms with E-state index >= 15 is 0 Å². The maximum Gasteiger partial charge on any atom is 0.191 e. The second-order valence-electron chi connectivity index (χ2n) is 7.58. The van der Waals surface area contributed by atoms with Crippen molar-refractivity contribution >= 4 is 29.9 Å². The van der Waals surface area contributed by atoms with Gasteiger partial charge in [-0.2, -0.15) is 0 Å². The predicted molar refractivity (Wildman–Crippen MR) is 125 cm³/mol. The SMILES string of the molecule is CN=C(NCCCN1CCN(Cc2ccccc2)CC1)NC1CCCC1.I. The first kappa shape index (κ1) is 22.4. The summed E-state index contributed by atoms with van der Waals surface area (Å²) in [6, 6.07) is 11.4. The van der Waals surface area contributed by atoms with Crippen molar-refractivity contribution in [3.63, 3.8) is 0 Å². The molecule has 0 spiro atoms. The molecule has 1 heterocycles. The number of nitrogens with zero attached hydrogens (tertiary/aromatic N) is 3. The van der Waals surface area contributed by atoms with Crippen molar-refractivity contribution in [1.82, 2.24) is 20.4 Å². The Labute approximate surface area is 182 Å². The largest absolute Gasteiger partial charge is 0.356 e. The molecule has 1 aromatic carbocycles. The summed E-state index contributed by atoms with van der Waals surface area (Å²) in [4.78, 5) is 9.52. The Morgan fingerprint density at radius 3 is 2.37 bits per heavy atom. The highest BCUT2D eigenvalue weighted by molar-refractivity contribution is 14.0. The fourth-order valence-electron chi connectivity index (χ4n) is 3.98. The molecule has 0 amide bonds. The van der Waals surface area contributed by atoms with Crippen LogP contribution in [0, 0.1) is 0 Å². The number of guanidine groups is 1. The van der Waals surface area contributed by atoms with Crippen LogP contribution in [0.15, 0.2) is 35.3 Å². The Morgan fingerprint density at radius 1 is 1.04 bits per heavy atom. The van der Waals surface area contributed by atoms with Gasteiger partial charge in [-0.3, -0.25) is 9.89 Å². The number of halogens is 1. The van der Waals surface area contributed by atoms with Crippen molar-refractivity contribution in [3.05, 3.63) is 35.9 Å². The zero-order valence-corrected chi connectivity index (χ0v) is 19.0. The standard InChI is InChI=1S/C21H35N5.HI/c1-22-21(24-20-10-5-6-11-20)23-12-7-13-25-14-16-26(17-15-25)18-19-8-3-2-4-9-19;/h2-4,8-9,20H,5-7,10-18H2,1H3,(H2,22,23,24);1H. The molecule has 0 unspecified atom stereocenters. The lowest BCUT2D eigenvalue weighted by Gasteiger charge is -2.34. The molecule has 1 saturated heterocycles. The first-order chi connectivity index (χ1) is 12.8. The third-order valence-corrected chi connectivity index (χ3v) is 5.58. The molecular weight excluding hydrogens is 449 g/mol. The number of benzene rings is 1. The maximum atomic E-state index is 4.36. The number of aliphatic imine (C=N–C) groups is 1. The summed E-state index contributed by atoms with van der Waals surface area (Å²) in [5, 5.41) is 7.03. The Bertz CT molecular complexity index is 537. The summed E-state index contributed by atoms with van der Waals surface area (Å²) in [7, 11) is 1.87. The van der Waals surface area contributed by atoms with Gasteiger partial charge in [0, 0.05) is 52.4 Å². The molecule has 2 aliphatic rings. The van der Waals surface area contributed by atoms with Gasteiger partial charge in [-0.15, -0.1) is 24.0 Å². The Hall–Kier alpha value is -0.860. The van der Waals surface area contributed by atoms with E-state index in [9.17, 15) is 0 Å². The Balaban J connectivity index is 0.00000261. The summed E-state index contributed by atoms with van der Waals surface area (Å²) in [5.74, 6) is 0.976. The Kier molecular flexibility index (Phi) is 10.4. The molecule has 0 radical (unpaired) electrons. The normalized spacial score (nSPS) is 19.7. The first-order valence-corrected chi connectivity index (χ1v) is 10.3. The average molecular weight is 485 g/mol. The van der Waals surface area contributed by atoms with E-state index in [2.05, 4.69) is 55.8 Å². The van der Waals surface area contributed by atoms with Crippen LogP contribution in [0.3, 0.4) is 0 Å². The molecule has 152 valence electrons. The molecule has 2 N–H and O–H groups in total. The smallest absolute Gasteiger partial charge is 0.191 e. The van der Waals surface area contributed by atoms with E-state index in [1.54, 1.807) is 0 Å². The highest BCUT2D eigenvalue weighted by Gasteiger charge is 2.17. The number of hydrogen-bond acceptors (Lipinski definition) is 3. The van der Waals surface area contributed by atoms with Crippen LogP contribution in [0.1, 0.15) is 37.7 Å². The van der Waals surface area contributed by atoms with E-state index < -0.39 is 0 Å². The van der Waals surface area contributed by atoms with Crippen molar-refractivity contribution in [3.8, 4) is 0 Å². The quantitative estimate of drug-likeness (QED) is 0.270. The number of nitrogens with one attached hydrogen (secondary N) is 2. The van der Waals surface area contributed by atoms with Crippen LogP contribution >= 0.6 is 24.0 Å². The number of rotatable bonds is 7. The van der Waals surface area contributed by atoms with Crippen LogP contribution in [0.2, 0.25) is 0 Å². The lowest BCUT2D eigenvalue weighted by atomic mass is 10.2. The van der Waals surface area contributed by atoms with Gasteiger partial charge in [0.2, 0.25) is 0 Å². The van der Waals surface area contributed by atoms with Gasteiger partial charge in [-0.25, -0.2) is 0 Å². The molecule has 6 heteroatoms. The predicted octanol–water partition coefficient (Wildman–Crippen LogP) is 2.92. The van der Waals surface area contributed by atoms with Crippen molar-refractivity contribution in [1.29, 1.82) is 0 Å². The van der Waals surface area contributed by atoms with Gasteiger partial charge in [-0.1, -0.05) is 43.2 Å². The highest BCUT2D eigenvalue weighted by atomic mass is 127. The summed E-state index contributed by atoms with van der Waals surface area (Å²) < 4.78 is 0. The molecule has 1 aliphatic heterocycles. The van der Waals surface area contributed by atoms with E-state index in [4.69, 9.17) is 0 Å². The zero-order chi connectivity index (χ0) is 18.0. The van der Waals surface area contributed by atoms with Crippen LogP contribution in [-0.2, 0) is 6.54 Å². The zero-order valence-electron chi connectivity index (χ0n) is 16.7. The van der Waals surface area contributed by atoms with E-state index in [0.717, 1.165) is 19.0 Å². The van der Waals surface area contributed by atoms with Gasteiger partial charge in [0.05, 0.1) is 0 Å². The molecule has 5 nitrogen and oxygen atoms in total. The van der Waals surface area contributed by atoms with Crippen LogP contribution in [-0.4, -0.2) is 68.1 Å². The van der Waals surface area contributed by atoms with Crippen molar-refractivity contribution in [2.75, 3.05) is 46.3 Å². The summed E-state index contributed by atoms with van der Waals surface area (Å²) in [5.41, 5.74) is 1.42. The van der Waals surface area contributed by atoms with Crippen molar-refractivity contribution in [2.45, 2.75) is 44.7 Å². The third-order valence-electron chi connectivity index (χ3n) is 5.58. The second kappa shape index (κ2) is 12.6. The van der Waals surface area contributed by atoms with Gasteiger partial charge in [0.25, 0.3) is 0 Å². The topological polar surface area (TPSA) is 42.9 Å². The van der Waals surface area contributed by atoms with Gasteiger partial charge in [0.1, 0.15) is 0 Å². The molecule has 2 fully saturated rings. The van der Waals surface area contributed by atoms with Crippen LogP contribution in [0.4, 0.5) is 0 Å². The maximum absolute atomic E-state index is 4.36. The lowest BCUT2D eigenvalue weighted by Crippen LogP contribution is -2.47. The molecule has 3 rings (SSSR count). The fraction of sp³-hybridized carbons (Fsp3) is 0.667. The summed E-state index contributed by atoms with van der Waals surface area (Å²) in [6.07, 6.45) is 6.45. The summed E-state index contributed by atoms with van der Waals surface area (Å²) in [6.45, 7) is 7.97. The minimum Gasteiger partial charge on any atom is -0.356 e. The lowest BCUT2D eigenvalue weighted by molar-refractivity contribution is 0.126. The molecule has 0 aromatic heterocycles. The highest BCUT2D eigenvalue weighted by Crippen LogP contribution is 2.17. The second-order valence-corrected chi connectivity index (χ2v) is 7.58. The molecule has 1 aromatic rings. The summed E-state index contributed by atoms with van der Waals surface area (Å²) >= 11 is 0. The third kappa shape index (κ3) is 7.95. The van der Waals surface area contributed by atoms with Crippen molar-refractivity contribution < 1.29 is 0 Å². The van der Waals surface area contributed by atoms with Gasteiger partial charge in [-0.05, 0) is 31.4 Å². The number of piperazine rings is 1.